The molecule has 0 saturated carbocycles. The zero-order chi connectivity index (χ0) is 14.0. The molecule has 0 saturated heterocycles. The lowest BCUT2D eigenvalue weighted by atomic mass is 10.2. The summed E-state index contributed by atoms with van der Waals surface area (Å²) in [6, 6.07) is 4.01. The summed E-state index contributed by atoms with van der Waals surface area (Å²) in [5, 5.41) is 20.1. The highest BCUT2D eigenvalue weighted by Gasteiger charge is 2.17. The largest absolute Gasteiger partial charge is 0.478 e. The van der Waals surface area contributed by atoms with Crippen molar-refractivity contribution in [1.29, 1.82) is 0 Å². The first-order valence-corrected chi connectivity index (χ1v) is 5.31. The zero-order valence-corrected chi connectivity index (χ0v) is 9.51. The molecule has 19 heavy (non-hydrogen) atoms. The predicted molar refractivity (Wildman–Crippen MR) is 61.5 cm³/mol. The molecule has 0 aliphatic carbocycles. The van der Waals surface area contributed by atoms with Gasteiger partial charge in [-0.25, -0.2) is 13.6 Å². The molecule has 1 unspecified atom stereocenters. The normalized spacial score (nSPS) is 12.8. The van der Waals surface area contributed by atoms with Crippen LogP contribution in [0.4, 0.5) is 14.8 Å². The highest BCUT2D eigenvalue weighted by Crippen LogP contribution is 2.20. The number of alkyl halides is 2. The molecule has 0 bridgehead atoms. The van der Waals surface area contributed by atoms with Gasteiger partial charge in [0, 0.05) is 0 Å². The summed E-state index contributed by atoms with van der Waals surface area (Å²) in [6.07, 6.45) is -4.69. The Kier molecular flexibility index (Phi) is 3.61. The number of fused-ring (bicyclic) bond motifs is 1. The van der Waals surface area contributed by atoms with Crippen LogP contribution < -0.4 is 5.32 Å². The molecule has 1 aromatic heterocycles. The molecule has 3 N–H and O–H groups in total. The van der Waals surface area contributed by atoms with Crippen molar-refractivity contribution >= 4 is 23.1 Å². The second-order valence-electron chi connectivity index (χ2n) is 3.79. The summed E-state index contributed by atoms with van der Waals surface area (Å²) >= 11 is 0. The quantitative estimate of drug-likeness (QED) is 0.764. The lowest BCUT2D eigenvalue weighted by molar-refractivity contribution is 0.00362. The van der Waals surface area contributed by atoms with Crippen molar-refractivity contribution in [2.75, 3.05) is 11.9 Å². The van der Waals surface area contributed by atoms with Crippen LogP contribution in [0.5, 0.6) is 0 Å². The molecule has 8 heteroatoms. The van der Waals surface area contributed by atoms with Crippen molar-refractivity contribution in [1.82, 2.24) is 4.98 Å². The number of aromatic nitrogens is 1. The third-order valence-corrected chi connectivity index (χ3v) is 2.39. The molecule has 6 nitrogen and oxygen atoms in total. The molecule has 2 aromatic rings. The van der Waals surface area contributed by atoms with Crippen molar-refractivity contribution in [3.63, 3.8) is 0 Å². The summed E-state index contributed by atoms with van der Waals surface area (Å²) in [6.45, 7) is -0.420. The number of carboxylic acid groups (broad SMARTS) is 1. The third kappa shape index (κ3) is 2.97. The summed E-state index contributed by atoms with van der Waals surface area (Å²) in [5.74, 6) is -1.11. The average molecular weight is 272 g/mol. The van der Waals surface area contributed by atoms with E-state index in [-0.39, 0.29) is 17.2 Å². The van der Waals surface area contributed by atoms with E-state index in [9.17, 15) is 13.6 Å². The van der Waals surface area contributed by atoms with Gasteiger partial charge in [0.2, 0.25) is 0 Å². The maximum absolute atomic E-state index is 12.1. The number of rotatable bonds is 5. The number of carboxylic acids is 1. The molecule has 102 valence electrons. The van der Waals surface area contributed by atoms with Crippen molar-refractivity contribution in [2.24, 2.45) is 0 Å². The van der Waals surface area contributed by atoms with Crippen molar-refractivity contribution in [3.8, 4) is 0 Å². The number of nitrogens with one attached hydrogen (secondary N) is 1. The number of nitrogens with zero attached hydrogens (tertiary/aromatic N) is 1. The molecule has 1 aromatic carbocycles. The minimum atomic E-state index is -2.87. The van der Waals surface area contributed by atoms with E-state index in [2.05, 4.69) is 10.3 Å². The summed E-state index contributed by atoms with van der Waals surface area (Å²) < 4.78 is 29.3. The smallest absolute Gasteiger partial charge is 0.335 e. The molecule has 0 fully saturated rings. The van der Waals surface area contributed by atoms with Crippen LogP contribution in [0.25, 0.3) is 11.1 Å². The van der Waals surface area contributed by atoms with Crippen molar-refractivity contribution in [2.45, 2.75) is 12.5 Å². The van der Waals surface area contributed by atoms with Crippen LogP contribution in [-0.4, -0.2) is 40.2 Å². The lowest BCUT2D eigenvalue weighted by Crippen LogP contribution is -2.26. The molecular weight excluding hydrogens is 262 g/mol. The van der Waals surface area contributed by atoms with Gasteiger partial charge in [0.1, 0.15) is 11.6 Å². The van der Waals surface area contributed by atoms with Crippen LogP contribution in [0.2, 0.25) is 0 Å². The number of hydrogen-bond acceptors (Lipinski definition) is 5. The molecule has 1 heterocycles. The zero-order valence-electron chi connectivity index (χ0n) is 9.51. The second kappa shape index (κ2) is 5.19. The first-order chi connectivity index (χ1) is 8.97. The number of hydrogen-bond donors (Lipinski definition) is 3. The number of halogens is 2. The van der Waals surface area contributed by atoms with Crippen molar-refractivity contribution < 1.29 is 28.2 Å². The average Bonchev–Trinajstić information content (AvgIpc) is 2.77. The van der Waals surface area contributed by atoms with Gasteiger partial charge >= 0.3 is 5.97 Å². The Labute approximate surface area is 105 Å². The van der Waals surface area contributed by atoms with Crippen LogP contribution in [0.3, 0.4) is 0 Å². The van der Waals surface area contributed by atoms with Crippen LogP contribution >= 0.6 is 0 Å². The molecule has 0 radical (unpaired) electrons. The summed E-state index contributed by atoms with van der Waals surface area (Å²) in [4.78, 5) is 14.7. The van der Waals surface area contributed by atoms with Crippen LogP contribution in [0.15, 0.2) is 22.6 Å². The monoisotopic (exact) mass is 272 g/mol. The predicted octanol–water partition coefficient (Wildman–Crippen LogP) is 1.56. The maximum Gasteiger partial charge on any atom is 0.335 e. The number of aliphatic hydroxyl groups excluding tert-OH is 1. The molecule has 0 aliphatic rings. The number of anilines is 1. The molecule has 0 spiro atoms. The molecule has 0 aliphatic heterocycles. The van der Waals surface area contributed by atoms with Gasteiger partial charge in [0.15, 0.2) is 5.58 Å². The number of carbonyl (C=O) groups is 1. The summed E-state index contributed by atoms with van der Waals surface area (Å²) in [5.41, 5.74) is 0.635. The molecule has 0 amide bonds. The van der Waals surface area contributed by atoms with Gasteiger partial charge in [-0.2, -0.15) is 4.98 Å². The Bertz CT molecular complexity index is 599. The second-order valence-corrected chi connectivity index (χ2v) is 3.79. The van der Waals surface area contributed by atoms with E-state index >= 15 is 0 Å². The Morgan fingerprint density at radius 3 is 2.84 bits per heavy atom. The number of benzene rings is 1. The van der Waals surface area contributed by atoms with Gasteiger partial charge in [-0.1, -0.05) is 0 Å². The van der Waals surface area contributed by atoms with Gasteiger partial charge in [-0.3, -0.25) is 0 Å². The molecule has 1 atom stereocenters. The van der Waals surface area contributed by atoms with E-state index in [1.807, 2.05) is 0 Å². The van der Waals surface area contributed by atoms with Crippen molar-refractivity contribution in [3.05, 3.63) is 23.8 Å². The Morgan fingerprint density at radius 2 is 2.21 bits per heavy atom. The minimum Gasteiger partial charge on any atom is -0.478 e. The Morgan fingerprint density at radius 1 is 1.47 bits per heavy atom. The first kappa shape index (κ1) is 13.2. The van der Waals surface area contributed by atoms with E-state index in [4.69, 9.17) is 14.6 Å². The number of oxazole rings is 1. The standard InChI is InChI=1S/C11H10F2N2O4/c12-9(13)7(16)4-14-11-15-6-2-1-5(10(17)18)3-8(6)19-11/h1-3,7,9,16H,4H2,(H,14,15)(H,17,18). The fourth-order valence-corrected chi connectivity index (χ4v) is 1.41. The highest BCUT2D eigenvalue weighted by molar-refractivity contribution is 5.92. The van der Waals surface area contributed by atoms with E-state index in [0.717, 1.165) is 0 Å². The van der Waals surface area contributed by atoms with E-state index in [1.165, 1.54) is 18.2 Å². The Hall–Kier alpha value is -2.22. The van der Waals surface area contributed by atoms with Crippen LogP contribution in [0, 0.1) is 0 Å². The van der Waals surface area contributed by atoms with Gasteiger partial charge in [-0.15, -0.1) is 0 Å². The minimum absolute atomic E-state index is 0.0304. The SMILES string of the molecule is O=C(O)c1ccc2nc(NCC(O)C(F)F)oc2c1. The topological polar surface area (TPSA) is 95.6 Å². The first-order valence-electron chi connectivity index (χ1n) is 5.31. The maximum atomic E-state index is 12.1. The fraction of sp³-hybridized carbons (Fsp3) is 0.273. The Balaban J connectivity index is 2.15. The van der Waals surface area contributed by atoms with Gasteiger partial charge in [0.25, 0.3) is 12.4 Å². The van der Waals surface area contributed by atoms with E-state index in [0.29, 0.717) is 5.52 Å². The molecule has 2 rings (SSSR count). The summed E-state index contributed by atoms with van der Waals surface area (Å²) in [7, 11) is 0. The van der Waals surface area contributed by atoms with Gasteiger partial charge in [-0.05, 0) is 18.2 Å². The number of aromatic carboxylic acids is 1. The van der Waals surface area contributed by atoms with Crippen LogP contribution in [-0.2, 0) is 0 Å². The number of aliphatic hydroxyl groups is 1. The van der Waals surface area contributed by atoms with E-state index < -0.39 is 25.0 Å². The lowest BCUT2D eigenvalue weighted by Gasteiger charge is -2.08. The van der Waals surface area contributed by atoms with Gasteiger partial charge in [0.05, 0.1) is 12.1 Å². The van der Waals surface area contributed by atoms with Gasteiger partial charge < -0.3 is 19.9 Å². The fourth-order valence-electron chi connectivity index (χ4n) is 1.41. The van der Waals surface area contributed by atoms with E-state index in [1.54, 1.807) is 0 Å². The highest BCUT2D eigenvalue weighted by atomic mass is 19.3. The van der Waals surface area contributed by atoms with Crippen LogP contribution in [0.1, 0.15) is 10.4 Å². The molecular formula is C11H10F2N2O4. The third-order valence-electron chi connectivity index (χ3n) is 2.39.